The van der Waals surface area contributed by atoms with Crippen molar-refractivity contribution in [3.05, 3.63) is 71.7 Å². The van der Waals surface area contributed by atoms with Crippen LogP contribution in [0.1, 0.15) is 36.9 Å². The first kappa shape index (κ1) is 22.1. The van der Waals surface area contributed by atoms with Crippen LogP contribution in [0.4, 0.5) is 4.39 Å². The molecule has 0 radical (unpaired) electrons. The third-order valence-corrected chi connectivity index (χ3v) is 7.02. The predicted octanol–water partition coefficient (Wildman–Crippen LogP) is 4.34. The quantitative estimate of drug-likeness (QED) is 0.584. The van der Waals surface area contributed by atoms with Crippen molar-refractivity contribution < 1.29 is 13.9 Å². The Balaban J connectivity index is 1.22. The van der Waals surface area contributed by atoms with Gasteiger partial charge >= 0.3 is 0 Å². The van der Waals surface area contributed by atoms with Gasteiger partial charge in [0.25, 0.3) is 0 Å². The van der Waals surface area contributed by atoms with Gasteiger partial charge in [0.15, 0.2) is 0 Å². The minimum absolute atomic E-state index is 0.0905. The SMILES string of the molecule is O=C(NC[C@@H]1CCCO1)C1CCN(Cc2cc3ccccc3n2Cc2ccc(F)cc2)CC1. The van der Waals surface area contributed by atoms with Crippen molar-refractivity contribution >= 4 is 16.8 Å². The molecule has 1 amide bonds. The highest BCUT2D eigenvalue weighted by molar-refractivity contribution is 5.81. The van der Waals surface area contributed by atoms with Crippen molar-refractivity contribution in [2.45, 2.75) is 44.9 Å². The third-order valence-electron chi connectivity index (χ3n) is 7.02. The number of aromatic nitrogens is 1. The lowest BCUT2D eigenvalue weighted by molar-refractivity contribution is -0.127. The number of carbonyl (C=O) groups is 1. The lowest BCUT2D eigenvalue weighted by Gasteiger charge is -2.31. The minimum Gasteiger partial charge on any atom is -0.376 e. The van der Waals surface area contributed by atoms with Crippen molar-refractivity contribution in [3.63, 3.8) is 0 Å². The van der Waals surface area contributed by atoms with Gasteiger partial charge in [-0.1, -0.05) is 30.3 Å². The van der Waals surface area contributed by atoms with Crippen molar-refractivity contribution in [2.75, 3.05) is 26.2 Å². The van der Waals surface area contributed by atoms with Crippen LogP contribution in [0.15, 0.2) is 54.6 Å². The average Bonchev–Trinajstić information content (AvgIpc) is 3.48. The Morgan fingerprint density at radius 1 is 1.03 bits per heavy atom. The summed E-state index contributed by atoms with van der Waals surface area (Å²) in [5, 5.41) is 4.32. The van der Waals surface area contributed by atoms with Crippen LogP contribution >= 0.6 is 0 Å². The van der Waals surface area contributed by atoms with E-state index in [0.29, 0.717) is 13.1 Å². The van der Waals surface area contributed by atoms with Crippen LogP contribution < -0.4 is 5.32 Å². The fourth-order valence-corrected chi connectivity index (χ4v) is 5.10. The zero-order valence-corrected chi connectivity index (χ0v) is 19.0. The zero-order valence-electron chi connectivity index (χ0n) is 19.0. The lowest BCUT2D eigenvalue weighted by atomic mass is 9.95. The monoisotopic (exact) mass is 449 g/mol. The number of hydrogen-bond donors (Lipinski definition) is 1. The summed E-state index contributed by atoms with van der Waals surface area (Å²) in [5.74, 6) is 0.0577. The van der Waals surface area contributed by atoms with Gasteiger partial charge in [-0.05, 0) is 74.0 Å². The van der Waals surface area contributed by atoms with E-state index in [0.717, 1.165) is 57.5 Å². The minimum atomic E-state index is -0.209. The first-order chi connectivity index (χ1) is 16.2. The Kier molecular flexibility index (Phi) is 6.74. The van der Waals surface area contributed by atoms with Gasteiger partial charge in [-0.2, -0.15) is 0 Å². The van der Waals surface area contributed by atoms with Gasteiger partial charge in [0.05, 0.1) is 6.10 Å². The molecule has 0 saturated carbocycles. The molecule has 1 aromatic heterocycles. The standard InChI is InChI=1S/C27H32FN3O2/c28-23-9-7-20(8-10-23)18-31-24(16-22-4-1-2-6-26(22)31)19-30-13-11-21(12-14-30)27(32)29-17-25-5-3-15-33-25/h1-2,4,6-10,16,21,25H,3,5,11-15,17-19H2,(H,29,32)/t25-/m0/s1. The average molecular weight is 450 g/mol. The highest BCUT2D eigenvalue weighted by atomic mass is 19.1. The van der Waals surface area contributed by atoms with Gasteiger partial charge in [-0.25, -0.2) is 4.39 Å². The molecule has 3 heterocycles. The Labute approximate surface area is 194 Å². The third kappa shape index (κ3) is 5.28. The van der Waals surface area contributed by atoms with Gasteiger partial charge < -0.3 is 14.6 Å². The molecular formula is C27H32FN3O2. The van der Waals surface area contributed by atoms with Gasteiger partial charge in [0.2, 0.25) is 5.91 Å². The number of amides is 1. The number of piperidine rings is 1. The zero-order chi connectivity index (χ0) is 22.6. The number of nitrogens with one attached hydrogen (secondary N) is 1. The number of benzene rings is 2. The van der Waals surface area contributed by atoms with Gasteiger partial charge in [-0.15, -0.1) is 0 Å². The largest absolute Gasteiger partial charge is 0.376 e. The van der Waals surface area contributed by atoms with Crippen molar-refractivity contribution in [3.8, 4) is 0 Å². The van der Waals surface area contributed by atoms with Crippen LogP contribution in [0.2, 0.25) is 0 Å². The highest BCUT2D eigenvalue weighted by Crippen LogP contribution is 2.25. The smallest absolute Gasteiger partial charge is 0.223 e. The molecule has 5 rings (SSSR count). The van der Waals surface area contributed by atoms with E-state index in [2.05, 4.69) is 45.1 Å². The van der Waals surface area contributed by atoms with Gasteiger partial charge in [0, 0.05) is 43.4 Å². The van der Waals surface area contributed by atoms with Gasteiger partial charge in [-0.3, -0.25) is 9.69 Å². The summed E-state index contributed by atoms with van der Waals surface area (Å²) in [7, 11) is 0. The Morgan fingerprint density at radius 3 is 2.58 bits per heavy atom. The summed E-state index contributed by atoms with van der Waals surface area (Å²) in [6.45, 7) is 4.84. The van der Waals surface area contributed by atoms with Crippen molar-refractivity contribution in [1.82, 2.24) is 14.8 Å². The molecule has 174 valence electrons. The molecule has 0 bridgehead atoms. The molecular weight excluding hydrogens is 417 g/mol. The number of ether oxygens (including phenoxy) is 1. The van der Waals surface area contributed by atoms with Crippen LogP contribution in [0, 0.1) is 11.7 Å². The Bertz CT molecular complexity index is 1080. The van der Waals surface area contributed by atoms with Crippen LogP contribution in [0.25, 0.3) is 10.9 Å². The molecule has 6 heteroatoms. The number of nitrogens with zero attached hydrogens (tertiary/aromatic N) is 2. The Morgan fingerprint density at radius 2 is 1.82 bits per heavy atom. The molecule has 2 aromatic carbocycles. The molecule has 2 aliphatic heterocycles. The fourth-order valence-electron chi connectivity index (χ4n) is 5.10. The summed E-state index contributed by atoms with van der Waals surface area (Å²) in [6.07, 6.45) is 4.10. The summed E-state index contributed by atoms with van der Waals surface area (Å²) < 4.78 is 21.3. The maximum Gasteiger partial charge on any atom is 0.223 e. The van der Waals surface area contributed by atoms with E-state index >= 15 is 0 Å². The van der Waals surface area contributed by atoms with E-state index in [1.54, 1.807) is 0 Å². The van der Waals surface area contributed by atoms with Crippen LogP contribution in [-0.2, 0) is 22.6 Å². The molecule has 0 spiro atoms. The van der Waals surface area contributed by atoms with E-state index in [9.17, 15) is 9.18 Å². The number of likely N-dealkylation sites (tertiary alicyclic amines) is 1. The molecule has 3 aromatic rings. The predicted molar refractivity (Wildman–Crippen MR) is 127 cm³/mol. The van der Waals surface area contributed by atoms with E-state index in [4.69, 9.17) is 4.74 Å². The Hall–Kier alpha value is -2.70. The lowest BCUT2D eigenvalue weighted by Crippen LogP contribution is -2.42. The van der Waals surface area contributed by atoms with Crippen molar-refractivity contribution in [1.29, 1.82) is 0 Å². The van der Waals surface area contributed by atoms with Crippen LogP contribution in [0.3, 0.4) is 0 Å². The molecule has 0 aliphatic carbocycles. The van der Waals surface area contributed by atoms with E-state index in [1.807, 2.05) is 12.1 Å². The summed E-state index contributed by atoms with van der Waals surface area (Å²) in [5.41, 5.74) is 3.53. The molecule has 1 atom stereocenters. The second-order valence-corrected chi connectivity index (χ2v) is 9.34. The molecule has 2 aliphatic rings. The van der Waals surface area contributed by atoms with E-state index in [1.165, 1.54) is 28.7 Å². The molecule has 2 fully saturated rings. The van der Waals surface area contributed by atoms with Crippen LogP contribution in [0.5, 0.6) is 0 Å². The summed E-state index contributed by atoms with van der Waals surface area (Å²) in [4.78, 5) is 15.0. The number of carbonyl (C=O) groups excluding carboxylic acids is 1. The van der Waals surface area contributed by atoms with Gasteiger partial charge in [0.1, 0.15) is 5.82 Å². The van der Waals surface area contributed by atoms with E-state index in [-0.39, 0.29) is 23.7 Å². The number of hydrogen-bond acceptors (Lipinski definition) is 3. The maximum absolute atomic E-state index is 13.4. The summed E-state index contributed by atoms with van der Waals surface area (Å²) >= 11 is 0. The van der Waals surface area contributed by atoms with Crippen LogP contribution in [-0.4, -0.2) is 47.7 Å². The number of halogens is 1. The van der Waals surface area contributed by atoms with Crippen molar-refractivity contribution in [2.24, 2.45) is 5.92 Å². The number of rotatable bonds is 7. The molecule has 2 saturated heterocycles. The maximum atomic E-state index is 13.4. The second kappa shape index (κ2) is 10.1. The number of fused-ring (bicyclic) bond motifs is 1. The first-order valence-electron chi connectivity index (χ1n) is 12.1. The summed E-state index contributed by atoms with van der Waals surface area (Å²) in [6, 6.07) is 17.4. The molecule has 33 heavy (non-hydrogen) atoms. The fraction of sp³-hybridized carbons (Fsp3) is 0.444. The number of para-hydroxylation sites is 1. The normalized spacial score (nSPS) is 19.8. The highest BCUT2D eigenvalue weighted by Gasteiger charge is 2.26. The second-order valence-electron chi connectivity index (χ2n) is 9.34. The molecule has 1 N–H and O–H groups in total. The van der Waals surface area contributed by atoms with E-state index < -0.39 is 0 Å². The molecule has 5 nitrogen and oxygen atoms in total. The topological polar surface area (TPSA) is 46.5 Å². The first-order valence-corrected chi connectivity index (χ1v) is 12.1. The molecule has 0 unspecified atom stereocenters.